The minimum Gasteiger partial charge on any atom is -0.497 e. The third-order valence-electron chi connectivity index (χ3n) is 5.63. The molecule has 0 N–H and O–H groups in total. The number of hydrogen-bond acceptors (Lipinski definition) is 3. The summed E-state index contributed by atoms with van der Waals surface area (Å²) in [5.41, 5.74) is 1.21. The fourth-order valence-electron chi connectivity index (χ4n) is 4.28. The average Bonchev–Trinajstić information content (AvgIpc) is 3.25. The number of carbonyl (C=O) groups is 1. The smallest absolute Gasteiger partial charge is 0.226 e. The first-order chi connectivity index (χ1) is 11.2. The molecule has 0 unspecified atom stereocenters. The maximum absolute atomic E-state index is 12.8. The topological polar surface area (TPSA) is 32.8 Å². The van der Waals surface area contributed by atoms with E-state index in [1.165, 1.54) is 12.1 Å². The lowest BCUT2D eigenvalue weighted by Crippen LogP contribution is -2.50. The molecule has 0 aromatic heterocycles. The number of rotatable bonds is 3. The Morgan fingerprint density at radius 2 is 1.78 bits per heavy atom. The maximum atomic E-state index is 12.8. The molecule has 0 radical (unpaired) electrons. The maximum Gasteiger partial charge on any atom is 0.226 e. The predicted molar refractivity (Wildman–Crippen MR) is 90.6 cm³/mol. The van der Waals surface area contributed by atoms with Gasteiger partial charge in [0.05, 0.1) is 7.11 Å². The van der Waals surface area contributed by atoms with Gasteiger partial charge >= 0.3 is 0 Å². The van der Waals surface area contributed by atoms with Crippen LogP contribution in [0.15, 0.2) is 36.4 Å². The molecular weight excluding hydrogens is 288 g/mol. The van der Waals surface area contributed by atoms with Gasteiger partial charge in [0.15, 0.2) is 0 Å². The van der Waals surface area contributed by atoms with E-state index in [-0.39, 0.29) is 5.92 Å². The number of piperazine rings is 1. The molecule has 23 heavy (non-hydrogen) atoms. The van der Waals surface area contributed by atoms with Crippen LogP contribution in [0.2, 0.25) is 0 Å². The van der Waals surface area contributed by atoms with Gasteiger partial charge < -0.3 is 14.5 Å². The van der Waals surface area contributed by atoms with Crippen LogP contribution in [0.25, 0.3) is 0 Å². The number of anilines is 1. The number of fused-ring (bicyclic) bond motifs is 2. The number of hydrogen-bond donors (Lipinski definition) is 0. The Morgan fingerprint density at radius 3 is 2.35 bits per heavy atom. The van der Waals surface area contributed by atoms with Crippen LogP contribution in [-0.2, 0) is 4.79 Å². The Bertz CT molecular complexity index is 602. The number of methoxy groups -OCH3 is 1. The summed E-state index contributed by atoms with van der Waals surface area (Å²) < 4.78 is 5.21. The van der Waals surface area contributed by atoms with Crippen molar-refractivity contribution in [2.45, 2.75) is 12.8 Å². The van der Waals surface area contributed by atoms with Gasteiger partial charge in [-0.2, -0.15) is 0 Å². The van der Waals surface area contributed by atoms with E-state index in [1.54, 1.807) is 7.11 Å². The third-order valence-corrected chi connectivity index (χ3v) is 5.63. The number of ether oxygens (including phenoxy) is 1. The van der Waals surface area contributed by atoms with Crippen LogP contribution >= 0.6 is 0 Å². The molecular formula is C19H24N2O2. The predicted octanol–water partition coefficient (Wildman–Crippen LogP) is 2.56. The van der Waals surface area contributed by atoms with E-state index in [9.17, 15) is 4.79 Å². The van der Waals surface area contributed by atoms with E-state index in [0.717, 1.165) is 38.3 Å². The van der Waals surface area contributed by atoms with E-state index in [4.69, 9.17) is 4.74 Å². The first-order valence-corrected chi connectivity index (χ1v) is 8.60. The highest BCUT2D eigenvalue weighted by atomic mass is 16.5. The molecule has 122 valence electrons. The zero-order valence-corrected chi connectivity index (χ0v) is 13.6. The molecule has 1 aromatic carbocycles. The Morgan fingerprint density at radius 1 is 1.04 bits per heavy atom. The summed E-state index contributed by atoms with van der Waals surface area (Å²) >= 11 is 0. The van der Waals surface area contributed by atoms with Crippen LogP contribution in [0.5, 0.6) is 5.75 Å². The number of amides is 1. The second-order valence-electron chi connectivity index (χ2n) is 6.90. The number of carbonyl (C=O) groups excluding carboxylic acids is 1. The van der Waals surface area contributed by atoms with Gasteiger partial charge in [-0.05, 0) is 48.9 Å². The molecule has 1 aromatic rings. The monoisotopic (exact) mass is 312 g/mol. The van der Waals surface area contributed by atoms with E-state index in [2.05, 4.69) is 34.1 Å². The highest BCUT2D eigenvalue weighted by Crippen LogP contribution is 2.44. The fourth-order valence-corrected chi connectivity index (χ4v) is 4.28. The van der Waals surface area contributed by atoms with Crippen LogP contribution < -0.4 is 9.64 Å². The molecule has 1 amide bonds. The van der Waals surface area contributed by atoms with Crippen molar-refractivity contribution in [1.82, 2.24) is 4.90 Å². The zero-order valence-electron chi connectivity index (χ0n) is 13.6. The quantitative estimate of drug-likeness (QED) is 0.804. The van der Waals surface area contributed by atoms with Crippen molar-refractivity contribution < 1.29 is 9.53 Å². The zero-order chi connectivity index (χ0) is 15.8. The Labute approximate surface area is 137 Å². The largest absolute Gasteiger partial charge is 0.497 e. The highest BCUT2D eigenvalue weighted by Gasteiger charge is 2.41. The molecule has 3 aliphatic rings. The van der Waals surface area contributed by atoms with Gasteiger partial charge in [-0.25, -0.2) is 0 Å². The van der Waals surface area contributed by atoms with E-state index in [0.29, 0.717) is 17.7 Å². The van der Waals surface area contributed by atoms with Crippen molar-refractivity contribution in [2.75, 3.05) is 38.2 Å². The number of allylic oxidation sites excluding steroid dienone is 2. The molecule has 1 heterocycles. The van der Waals surface area contributed by atoms with E-state index >= 15 is 0 Å². The van der Waals surface area contributed by atoms with E-state index < -0.39 is 0 Å². The second-order valence-corrected chi connectivity index (χ2v) is 6.90. The molecule has 4 rings (SSSR count). The lowest BCUT2D eigenvalue weighted by molar-refractivity contribution is -0.136. The molecule has 4 heteroatoms. The summed E-state index contributed by atoms with van der Waals surface area (Å²) in [6.07, 6.45) is 6.83. The summed E-state index contributed by atoms with van der Waals surface area (Å²) in [6, 6.07) is 8.18. The molecule has 1 aliphatic heterocycles. The second kappa shape index (κ2) is 5.91. The Balaban J connectivity index is 1.35. The fraction of sp³-hybridized carbons (Fsp3) is 0.526. The minimum absolute atomic E-state index is 0.248. The lowest BCUT2D eigenvalue weighted by atomic mass is 9.92. The first kappa shape index (κ1) is 14.6. The summed E-state index contributed by atoms with van der Waals surface area (Å²) in [6.45, 7) is 3.49. The van der Waals surface area contributed by atoms with Crippen LogP contribution in [0.1, 0.15) is 12.8 Å². The molecule has 2 fully saturated rings. The van der Waals surface area contributed by atoms with Crippen molar-refractivity contribution in [3.8, 4) is 5.75 Å². The third kappa shape index (κ3) is 2.71. The van der Waals surface area contributed by atoms with Gasteiger partial charge in [0.25, 0.3) is 0 Å². The normalized spacial score (nSPS) is 29.2. The van der Waals surface area contributed by atoms with Crippen LogP contribution in [0.3, 0.4) is 0 Å². The average molecular weight is 312 g/mol. The lowest BCUT2D eigenvalue weighted by Gasteiger charge is -2.38. The van der Waals surface area contributed by atoms with Crippen molar-refractivity contribution in [2.24, 2.45) is 17.8 Å². The molecule has 1 saturated heterocycles. The van der Waals surface area contributed by atoms with Crippen LogP contribution in [-0.4, -0.2) is 44.1 Å². The van der Waals surface area contributed by atoms with Crippen molar-refractivity contribution in [3.63, 3.8) is 0 Å². The SMILES string of the molecule is COc1ccc(N2CCN(C(=O)[C@@H]3C[C@H]4C=C[C@H]3C4)CC2)cc1. The first-order valence-electron chi connectivity index (χ1n) is 8.60. The van der Waals surface area contributed by atoms with Gasteiger partial charge in [-0.3, -0.25) is 4.79 Å². The molecule has 1 saturated carbocycles. The van der Waals surface area contributed by atoms with Gasteiger partial charge in [-0.1, -0.05) is 12.2 Å². The number of benzene rings is 1. The van der Waals surface area contributed by atoms with Crippen molar-refractivity contribution in [1.29, 1.82) is 0 Å². The molecule has 0 spiro atoms. The van der Waals surface area contributed by atoms with Crippen molar-refractivity contribution >= 4 is 11.6 Å². The highest BCUT2D eigenvalue weighted by molar-refractivity contribution is 5.80. The van der Waals surface area contributed by atoms with E-state index in [1.807, 2.05) is 12.1 Å². The number of nitrogens with zero attached hydrogens (tertiary/aromatic N) is 2. The Kier molecular flexibility index (Phi) is 3.76. The van der Waals surface area contributed by atoms with Gasteiger partial charge in [0, 0.05) is 37.8 Å². The summed E-state index contributed by atoms with van der Waals surface area (Å²) in [5.74, 6) is 2.68. The van der Waals surface area contributed by atoms with Gasteiger partial charge in [0.2, 0.25) is 5.91 Å². The Hall–Kier alpha value is -1.97. The standard InChI is InChI=1S/C19H24N2O2/c1-23-17-6-4-16(5-7-17)20-8-10-21(11-9-20)19(22)18-13-14-2-3-15(18)12-14/h2-7,14-15,18H,8-13H2,1H3/t14-,15-,18+/m0/s1. The van der Waals surface area contributed by atoms with Gasteiger partial charge in [0.1, 0.15) is 5.75 Å². The molecule has 2 aliphatic carbocycles. The molecule has 4 nitrogen and oxygen atoms in total. The van der Waals surface area contributed by atoms with Crippen LogP contribution in [0.4, 0.5) is 5.69 Å². The molecule has 3 atom stereocenters. The summed E-state index contributed by atoms with van der Waals surface area (Å²) in [7, 11) is 1.68. The molecule has 2 bridgehead atoms. The van der Waals surface area contributed by atoms with Crippen LogP contribution in [0, 0.1) is 17.8 Å². The van der Waals surface area contributed by atoms with Crippen molar-refractivity contribution in [3.05, 3.63) is 36.4 Å². The minimum atomic E-state index is 0.248. The van der Waals surface area contributed by atoms with Gasteiger partial charge in [-0.15, -0.1) is 0 Å². The summed E-state index contributed by atoms with van der Waals surface area (Å²) in [4.78, 5) is 17.2. The summed E-state index contributed by atoms with van der Waals surface area (Å²) in [5, 5.41) is 0.